The predicted octanol–water partition coefficient (Wildman–Crippen LogP) is 1.82. The second-order valence-electron chi connectivity index (χ2n) is 6.18. The molecule has 3 heterocycles. The third kappa shape index (κ3) is 4.14. The first-order chi connectivity index (χ1) is 13.0. The van der Waals surface area contributed by atoms with Crippen molar-refractivity contribution in [2.24, 2.45) is 0 Å². The monoisotopic (exact) mass is 394 g/mol. The molecule has 9 nitrogen and oxygen atoms in total. The fraction of sp³-hybridized carbons (Fsp3) is 0.529. The lowest BCUT2D eigenvalue weighted by Gasteiger charge is -2.27. The van der Waals surface area contributed by atoms with Gasteiger partial charge in [-0.2, -0.15) is 10.2 Å². The number of nitrogens with zero attached hydrogens (tertiary/aromatic N) is 5. The minimum Gasteiger partial charge on any atom is -0.378 e. The zero-order chi connectivity index (χ0) is 19.4. The van der Waals surface area contributed by atoms with Crippen LogP contribution in [0, 0.1) is 0 Å². The van der Waals surface area contributed by atoms with E-state index in [1.165, 1.54) is 17.1 Å². The number of ether oxygens (including phenoxy) is 1. The smallest absolute Gasteiger partial charge is 0.274 e. The topological polar surface area (TPSA) is 94.3 Å². The third-order valence-electron chi connectivity index (χ3n) is 4.48. The van der Waals surface area contributed by atoms with Gasteiger partial charge in [0.25, 0.3) is 5.91 Å². The van der Waals surface area contributed by atoms with Crippen LogP contribution in [0.3, 0.4) is 0 Å². The van der Waals surface area contributed by atoms with E-state index in [-0.39, 0.29) is 11.8 Å². The van der Waals surface area contributed by atoms with Crippen LogP contribution in [0.5, 0.6) is 0 Å². The van der Waals surface area contributed by atoms with Crippen LogP contribution in [0.25, 0.3) is 0 Å². The zero-order valence-corrected chi connectivity index (χ0v) is 16.1. The van der Waals surface area contributed by atoms with E-state index in [0.29, 0.717) is 55.7 Å². The molecule has 146 valence electrons. The lowest BCUT2D eigenvalue weighted by Crippen LogP contribution is -2.42. The highest BCUT2D eigenvalue weighted by atomic mass is 35.5. The van der Waals surface area contributed by atoms with Gasteiger partial charge in [0.15, 0.2) is 0 Å². The number of hydrogen-bond acceptors (Lipinski definition) is 5. The van der Waals surface area contributed by atoms with Crippen molar-refractivity contribution in [1.29, 1.82) is 0 Å². The lowest BCUT2D eigenvalue weighted by atomic mass is 10.2. The average molecular weight is 395 g/mol. The van der Waals surface area contributed by atoms with Crippen molar-refractivity contribution in [1.82, 2.24) is 24.5 Å². The normalized spacial score (nSPS) is 15.6. The lowest BCUT2D eigenvalue weighted by molar-refractivity contribution is -0.119. The molecule has 1 fully saturated rings. The van der Waals surface area contributed by atoms with Gasteiger partial charge in [0, 0.05) is 25.8 Å². The van der Waals surface area contributed by atoms with Gasteiger partial charge in [-0.3, -0.25) is 19.0 Å². The van der Waals surface area contributed by atoms with Crippen LogP contribution in [0.1, 0.15) is 36.8 Å². The number of aromatic nitrogens is 4. The Bertz CT molecular complexity index is 811. The molecule has 1 atom stereocenters. The highest BCUT2D eigenvalue weighted by molar-refractivity contribution is 6.30. The summed E-state index contributed by atoms with van der Waals surface area (Å²) in [7, 11) is 0. The minimum atomic E-state index is -0.534. The Hall–Kier alpha value is -2.39. The first-order valence-corrected chi connectivity index (χ1v) is 9.36. The van der Waals surface area contributed by atoms with Gasteiger partial charge >= 0.3 is 0 Å². The summed E-state index contributed by atoms with van der Waals surface area (Å²) >= 11 is 5.91. The molecule has 0 saturated carbocycles. The van der Waals surface area contributed by atoms with Crippen LogP contribution in [-0.2, 0) is 16.1 Å². The number of morpholine rings is 1. The summed E-state index contributed by atoms with van der Waals surface area (Å²) in [6.07, 6.45) is 5.13. The van der Waals surface area contributed by atoms with Gasteiger partial charge in [0.05, 0.1) is 36.3 Å². The van der Waals surface area contributed by atoms with Crippen molar-refractivity contribution in [2.45, 2.75) is 32.9 Å². The molecule has 1 aliphatic rings. The van der Waals surface area contributed by atoms with E-state index in [2.05, 4.69) is 15.5 Å². The molecule has 1 saturated heterocycles. The van der Waals surface area contributed by atoms with Gasteiger partial charge in [-0.15, -0.1) is 0 Å². The van der Waals surface area contributed by atoms with Gasteiger partial charge in [0.2, 0.25) is 5.91 Å². The van der Waals surface area contributed by atoms with Gasteiger partial charge in [-0.05, 0) is 13.3 Å². The average Bonchev–Trinajstić information content (AvgIpc) is 3.28. The molecular weight excluding hydrogens is 372 g/mol. The largest absolute Gasteiger partial charge is 0.378 e. The van der Waals surface area contributed by atoms with Crippen LogP contribution in [0.15, 0.2) is 18.6 Å². The van der Waals surface area contributed by atoms with Crippen LogP contribution < -0.4 is 5.32 Å². The SMILES string of the molecule is CCC(C(=O)Nc1cnn(CC)c1C(=O)N1CCOCC1)n1cc(Cl)cn1. The number of nitrogens with one attached hydrogen (secondary N) is 1. The van der Waals surface area contributed by atoms with E-state index < -0.39 is 6.04 Å². The Labute approximate surface area is 162 Å². The fourth-order valence-electron chi connectivity index (χ4n) is 3.05. The summed E-state index contributed by atoms with van der Waals surface area (Å²) in [5.74, 6) is -0.438. The Morgan fingerprint density at radius 3 is 2.59 bits per heavy atom. The van der Waals surface area contributed by atoms with Gasteiger partial charge < -0.3 is 15.0 Å². The van der Waals surface area contributed by atoms with Gasteiger partial charge in [-0.1, -0.05) is 18.5 Å². The van der Waals surface area contributed by atoms with Crippen molar-refractivity contribution >= 4 is 29.1 Å². The van der Waals surface area contributed by atoms with E-state index in [1.54, 1.807) is 15.8 Å². The molecule has 10 heteroatoms. The number of carbonyl (C=O) groups excluding carboxylic acids is 2. The van der Waals surface area contributed by atoms with Crippen molar-refractivity contribution < 1.29 is 14.3 Å². The first-order valence-electron chi connectivity index (χ1n) is 8.98. The van der Waals surface area contributed by atoms with E-state index in [9.17, 15) is 9.59 Å². The molecule has 1 aliphatic heterocycles. The van der Waals surface area contributed by atoms with Crippen molar-refractivity contribution in [3.8, 4) is 0 Å². The number of hydrogen-bond donors (Lipinski definition) is 1. The van der Waals surface area contributed by atoms with Crippen LogP contribution in [0.2, 0.25) is 5.02 Å². The quantitative estimate of drug-likeness (QED) is 0.806. The molecule has 0 bridgehead atoms. The molecule has 0 radical (unpaired) electrons. The van der Waals surface area contributed by atoms with E-state index in [0.717, 1.165) is 0 Å². The molecule has 0 aliphatic carbocycles. The molecule has 2 amide bonds. The number of rotatable bonds is 6. The summed E-state index contributed by atoms with van der Waals surface area (Å²) in [4.78, 5) is 27.5. The molecule has 3 rings (SSSR count). The standard InChI is InChI=1S/C17H23ClN6O3/c1-3-14(24-11-12(18)9-19-24)16(25)21-13-10-20-23(4-2)15(13)17(26)22-5-7-27-8-6-22/h9-11,14H,3-8H2,1-2H3,(H,21,25). The van der Waals surface area contributed by atoms with Crippen molar-refractivity contribution in [3.05, 3.63) is 29.3 Å². The maximum absolute atomic E-state index is 13.0. The Morgan fingerprint density at radius 2 is 2.00 bits per heavy atom. The van der Waals surface area contributed by atoms with E-state index >= 15 is 0 Å². The van der Waals surface area contributed by atoms with Crippen LogP contribution >= 0.6 is 11.6 Å². The number of aryl methyl sites for hydroxylation is 1. The molecule has 0 spiro atoms. The molecular formula is C17H23ClN6O3. The summed E-state index contributed by atoms with van der Waals surface area (Å²) in [5, 5.41) is 11.7. The Balaban J connectivity index is 1.83. The molecule has 27 heavy (non-hydrogen) atoms. The van der Waals surface area contributed by atoms with Gasteiger partial charge in [-0.25, -0.2) is 0 Å². The minimum absolute atomic E-state index is 0.164. The predicted molar refractivity (Wildman–Crippen MR) is 99.8 cm³/mol. The molecule has 1 N–H and O–H groups in total. The Kier molecular flexibility index (Phi) is 6.12. The summed E-state index contributed by atoms with van der Waals surface area (Å²) in [6, 6.07) is -0.534. The second-order valence-corrected chi connectivity index (χ2v) is 6.62. The zero-order valence-electron chi connectivity index (χ0n) is 15.4. The summed E-state index contributed by atoms with van der Waals surface area (Å²) in [6.45, 7) is 6.35. The molecule has 2 aromatic heterocycles. The summed E-state index contributed by atoms with van der Waals surface area (Å²) in [5.41, 5.74) is 0.774. The van der Waals surface area contributed by atoms with Crippen LogP contribution in [-0.4, -0.2) is 62.6 Å². The fourth-order valence-corrected chi connectivity index (χ4v) is 3.20. The Morgan fingerprint density at radius 1 is 1.26 bits per heavy atom. The maximum Gasteiger partial charge on any atom is 0.274 e. The second kappa shape index (κ2) is 8.53. The molecule has 1 unspecified atom stereocenters. The van der Waals surface area contributed by atoms with E-state index in [1.807, 2.05) is 13.8 Å². The maximum atomic E-state index is 13.0. The first kappa shape index (κ1) is 19.4. The third-order valence-corrected chi connectivity index (χ3v) is 4.67. The van der Waals surface area contributed by atoms with Crippen LogP contribution in [0.4, 0.5) is 5.69 Å². The summed E-state index contributed by atoms with van der Waals surface area (Å²) < 4.78 is 8.42. The van der Waals surface area contributed by atoms with Crippen molar-refractivity contribution in [2.75, 3.05) is 31.6 Å². The van der Waals surface area contributed by atoms with Gasteiger partial charge in [0.1, 0.15) is 11.7 Å². The number of anilines is 1. The van der Waals surface area contributed by atoms with E-state index in [4.69, 9.17) is 16.3 Å². The highest BCUT2D eigenvalue weighted by Gasteiger charge is 2.28. The number of halogens is 1. The molecule has 0 aromatic carbocycles. The highest BCUT2D eigenvalue weighted by Crippen LogP contribution is 2.22. The number of carbonyl (C=O) groups is 2. The molecule has 2 aromatic rings. The van der Waals surface area contributed by atoms with Crippen molar-refractivity contribution in [3.63, 3.8) is 0 Å². The number of amides is 2.